The lowest BCUT2D eigenvalue weighted by atomic mass is 10.1. The van der Waals surface area contributed by atoms with Crippen LogP contribution in [0.15, 0.2) is 24.5 Å². The predicted molar refractivity (Wildman–Crippen MR) is 89.9 cm³/mol. The lowest BCUT2D eigenvalue weighted by Crippen LogP contribution is -2.48. The second-order valence-corrected chi connectivity index (χ2v) is 6.68. The standard InChI is InChI=1S/C17H22N6O/c1-22-10-7-14(21-22)17(24)19-13-3-2-9-23(11-13)15-6-8-18-16(20-15)12-4-5-12/h6-8,10,12-13H,2-5,9,11H2,1H3,(H,19,24). The molecule has 4 rings (SSSR count). The van der Waals surface area contributed by atoms with E-state index in [1.165, 1.54) is 12.8 Å². The molecular formula is C17H22N6O. The first kappa shape index (κ1) is 15.1. The molecule has 7 nitrogen and oxygen atoms in total. The van der Waals surface area contributed by atoms with E-state index >= 15 is 0 Å². The third kappa shape index (κ3) is 3.25. The predicted octanol–water partition coefficient (Wildman–Crippen LogP) is 1.49. The van der Waals surface area contributed by atoms with Crippen molar-refractivity contribution in [3.63, 3.8) is 0 Å². The fraction of sp³-hybridized carbons (Fsp3) is 0.529. The molecule has 0 aromatic carbocycles. The van der Waals surface area contributed by atoms with Gasteiger partial charge in [-0.2, -0.15) is 5.10 Å². The van der Waals surface area contributed by atoms with E-state index in [-0.39, 0.29) is 11.9 Å². The van der Waals surface area contributed by atoms with Crippen molar-refractivity contribution in [2.75, 3.05) is 18.0 Å². The Morgan fingerprint density at radius 1 is 1.29 bits per heavy atom. The molecule has 0 bridgehead atoms. The van der Waals surface area contributed by atoms with Gasteiger partial charge in [0.15, 0.2) is 0 Å². The number of carbonyl (C=O) groups excluding carboxylic acids is 1. The van der Waals surface area contributed by atoms with Crippen molar-refractivity contribution in [2.45, 2.75) is 37.6 Å². The van der Waals surface area contributed by atoms with Gasteiger partial charge in [0.1, 0.15) is 17.3 Å². The lowest BCUT2D eigenvalue weighted by molar-refractivity contribution is 0.0927. The van der Waals surface area contributed by atoms with Crippen molar-refractivity contribution in [1.29, 1.82) is 0 Å². The molecule has 2 aromatic heterocycles. The van der Waals surface area contributed by atoms with Gasteiger partial charge in [0.05, 0.1) is 0 Å². The largest absolute Gasteiger partial charge is 0.354 e. The lowest BCUT2D eigenvalue weighted by Gasteiger charge is -2.33. The van der Waals surface area contributed by atoms with Crippen molar-refractivity contribution in [3.8, 4) is 0 Å². The summed E-state index contributed by atoms with van der Waals surface area (Å²) in [6.45, 7) is 1.75. The minimum absolute atomic E-state index is 0.108. The van der Waals surface area contributed by atoms with Crippen LogP contribution in [0.4, 0.5) is 5.82 Å². The number of piperidine rings is 1. The number of amides is 1. The van der Waals surface area contributed by atoms with E-state index in [2.05, 4.69) is 20.3 Å². The summed E-state index contributed by atoms with van der Waals surface area (Å²) in [6, 6.07) is 3.82. The zero-order valence-corrected chi connectivity index (χ0v) is 13.9. The molecule has 1 aliphatic heterocycles. The fourth-order valence-electron chi connectivity index (χ4n) is 3.18. The maximum absolute atomic E-state index is 12.3. The number of carbonyl (C=O) groups is 1. The van der Waals surface area contributed by atoms with Crippen LogP contribution in [-0.2, 0) is 7.05 Å². The molecule has 2 fully saturated rings. The molecule has 1 aliphatic carbocycles. The first-order valence-corrected chi connectivity index (χ1v) is 8.57. The number of aromatic nitrogens is 4. The molecule has 24 heavy (non-hydrogen) atoms. The quantitative estimate of drug-likeness (QED) is 0.921. The molecule has 1 saturated carbocycles. The number of rotatable bonds is 4. The Labute approximate surface area is 141 Å². The van der Waals surface area contributed by atoms with Crippen LogP contribution in [0.25, 0.3) is 0 Å². The topological polar surface area (TPSA) is 75.9 Å². The Hall–Kier alpha value is -2.44. The molecule has 3 heterocycles. The van der Waals surface area contributed by atoms with E-state index in [4.69, 9.17) is 4.98 Å². The highest BCUT2D eigenvalue weighted by molar-refractivity contribution is 5.92. The summed E-state index contributed by atoms with van der Waals surface area (Å²) < 4.78 is 1.64. The minimum atomic E-state index is -0.108. The van der Waals surface area contributed by atoms with E-state index in [1.807, 2.05) is 19.3 Å². The minimum Gasteiger partial charge on any atom is -0.354 e. The van der Waals surface area contributed by atoms with Crippen LogP contribution >= 0.6 is 0 Å². The highest BCUT2D eigenvalue weighted by Gasteiger charge is 2.28. The Morgan fingerprint density at radius 2 is 2.17 bits per heavy atom. The van der Waals surface area contributed by atoms with Crippen molar-refractivity contribution < 1.29 is 4.79 Å². The molecule has 2 aliphatic rings. The van der Waals surface area contributed by atoms with E-state index in [0.717, 1.165) is 37.6 Å². The number of nitrogens with one attached hydrogen (secondary N) is 1. The van der Waals surface area contributed by atoms with Crippen molar-refractivity contribution in [3.05, 3.63) is 36.0 Å². The molecule has 0 radical (unpaired) electrons. The van der Waals surface area contributed by atoms with Gasteiger partial charge >= 0.3 is 0 Å². The van der Waals surface area contributed by atoms with E-state index < -0.39 is 0 Å². The van der Waals surface area contributed by atoms with Gasteiger partial charge in [-0.05, 0) is 37.8 Å². The Balaban J connectivity index is 1.42. The van der Waals surface area contributed by atoms with Crippen LogP contribution in [0, 0.1) is 0 Å². The van der Waals surface area contributed by atoms with Crippen molar-refractivity contribution >= 4 is 11.7 Å². The van der Waals surface area contributed by atoms with Crippen molar-refractivity contribution in [1.82, 2.24) is 25.1 Å². The van der Waals surface area contributed by atoms with Gasteiger partial charge < -0.3 is 10.2 Å². The van der Waals surface area contributed by atoms with Gasteiger partial charge in [0.2, 0.25) is 0 Å². The van der Waals surface area contributed by atoms with Crippen LogP contribution in [-0.4, -0.2) is 44.8 Å². The first-order valence-electron chi connectivity index (χ1n) is 8.57. The molecule has 1 N–H and O–H groups in total. The Kier molecular flexibility index (Phi) is 3.92. The normalized spacial score (nSPS) is 20.9. The third-order valence-corrected chi connectivity index (χ3v) is 4.63. The summed E-state index contributed by atoms with van der Waals surface area (Å²) in [5.41, 5.74) is 0.465. The van der Waals surface area contributed by atoms with Gasteiger partial charge in [-0.1, -0.05) is 0 Å². The van der Waals surface area contributed by atoms with Crippen molar-refractivity contribution in [2.24, 2.45) is 7.05 Å². The van der Waals surface area contributed by atoms with Crippen LogP contribution in [0.1, 0.15) is 47.9 Å². The summed E-state index contributed by atoms with van der Waals surface area (Å²) >= 11 is 0. The molecule has 1 unspecified atom stereocenters. The van der Waals surface area contributed by atoms with Crippen LogP contribution < -0.4 is 10.2 Å². The summed E-state index contributed by atoms with van der Waals surface area (Å²) in [5, 5.41) is 7.26. The number of anilines is 1. The summed E-state index contributed by atoms with van der Waals surface area (Å²) in [4.78, 5) is 23.6. The first-order chi connectivity index (χ1) is 11.7. The molecular weight excluding hydrogens is 304 g/mol. The molecule has 1 saturated heterocycles. The van der Waals surface area contributed by atoms with Crippen LogP contribution in [0.2, 0.25) is 0 Å². The van der Waals surface area contributed by atoms with E-state index in [1.54, 1.807) is 16.9 Å². The zero-order valence-electron chi connectivity index (χ0n) is 13.9. The SMILES string of the molecule is Cn1ccc(C(=O)NC2CCCN(c3ccnc(C4CC4)n3)C2)n1. The molecule has 0 spiro atoms. The zero-order chi connectivity index (χ0) is 16.5. The van der Waals surface area contributed by atoms with Gasteiger partial charge in [-0.15, -0.1) is 0 Å². The maximum atomic E-state index is 12.3. The number of aryl methyl sites for hydroxylation is 1. The Morgan fingerprint density at radius 3 is 2.92 bits per heavy atom. The smallest absolute Gasteiger partial charge is 0.272 e. The number of nitrogens with zero attached hydrogens (tertiary/aromatic N) is 5. The third-order valence-electron chi connectivity index (χ3n) is 4.63. The van der Waals surface area contributed by atoms with Gasteiger partial charge in [-0.25, -0.2) is 9.97 Å². The van der Waals surface area contributed by atoms with E-state index in [0.29, 0.717) is 11.6 Å². The molecule has 2 aromatic rings. The summed E-state index contributed by atoms with van der Waals surface area (Å²) in [5.74, 6) is 2.38. The van der Waals surface area contributed by atoms with Crippen LogP contribution in [0.3, 0.4) is 0 Å². The van der Waals surface area contributed by atoms with Crippen LogP contribution in [0.5, 0.6) is 0 Å². The van der Waals surface area contributed by atoms with Gasteiger partial charge in [0, 0.05) is 44.5 Å². The highest BCUT2D eigenvalue weighted by Crippen LogP contribution is 2.38. The highest BCUT2D eigenvalue weighted by atomic mass is 16.2. The fourth-order valence-corrected chi connectivity index (χ4v) is 3.18. The van der Waals surface area contributed by atoms with E-state index in [9.17, 15) is 4.79 Å². The maximum Gasteiger partial charge on any atom is 0.272 e. The number of hydrogen-bond donors (Lipinski definition) is 1. The second-order valence-electron chi connectivity index (χ2n) is 6.68. The molecule has 126 valence electrons. The second kappa shape index (κ2) is 6.22. The summed E-state index contributed by atoms with van der Waals surface area (Å²) in [6.07, 6.45) is 8.05. The van der Waals surface area contributed by atoms with Gasteiger partial charge in [0.25, 0.3) is 5.91 Å². The molecule has 1 atom stereocenters. The monoisotopic (exact) mass is 326 g/mol. The number of hydrogen-bond acceptors (Lipinski definition) is 5. The molecule has 1 amide bonds. The summed E-state index contributed by atoms with van der Waals surface area (Å²) in [7, 11) is 1.81. The van der Waals surface area contributed by atoms with Gasteiger partial charge in [-0.3, -0.25) is 9.48 Å². The average molecular weight is 326 g/mol. The average Bonchev–Trinajstić information content (AvgIpc) is 3.36. The Bertz CT molecular complexity index is 738. The molecule has 7 heteroatoms.